The summed E-state index contributed by atoms with van der Waals surface area (Å²) in [4.78, 5) is 12.7. The van der Waals surface area contributed by atoms with E-state index in [9.17, 15) is 17.6 Å². The average molecular weight is 441 g/mol. The minimum Gasteiger partial charge on any atom is -0.325 e. The lowest BCUT2D eigenvalue weighted by Gasteiger charge is -2.33. The molecule has 8 heteroatoms. The maximum absolute atomic E-state index is 13.1. The van der Waals surface area contributed by atoms with E-state index in [1.165, 1.54) is 16.4 Å². The largest absolute Gasteiger partial charge is 0.325 e. The van der Waals surface area contributed by atoms with E-state index in [2.05, 4.69) is 21.2 Å². The van der Waals surface area contributed by atoms with Crippen LogP contribution in [0.15, 0.2) is 57.9 Å². The van der Waals surface area contributed by atoms with Crippen LogP contribution in [0.2, 0.25) is 0 Å². The predicted octanol–water partition coefficient (Wildman–Crippen LogP) is 3.77. The highest BCUT2D eigenvalue weighted by atomic mass is 79.9. The Labute approximate surface area is 160 Å². The number of amides is 1. The number of sulfonamides is 1. The van der Waals surface area contributed by atoms with Gasteiger partial charge in [-0.3, -0.25) is 4.79 Å². The maximum atomic E-state index is 13.1. The van der Waals surface area contributed by atoms with Gasteiger partial charge in [0, 0.05) is 16.7 Å². The van der Waals surface area contributed by atoms with Gasteiger partial charge in [-0.2, -0.15) is 4.31 Å². The molecule has 5 nitrogen and oxygen atoms in total. The molecule has 1 aliphatic rings. The van der Waals surface area contributed by atoms with E-state index in [1.807, 2.05) is 6.07 Å². The van der Waals surface area contributed by atoms with Crippen molar-refractivity contribution < 1.29 is 17.6 Å². The number of nitrogens with zero attached hydrogens (tertiary/aromatic N) is 1. The van der Waals surface area contributed by atoms with E-state index in [1.54, 1.807) is 18.2 Å². The second-order valence-corrected chi connectivity index (χ2v) is 8.89. The van der Waals surface area contributed by atoms with E-state index in [-0.39, 0.29) is 17.3 Å². The van der Waals surface area contributed by atoms with E-state index >= 15 is 0 Å². The SMILES string of the molecule is O=C(Nc1cccc(Br)c1)C1CCCCN1S(=O)(=O)c1ccc(F)cc1. The summed E-state index contributed by atoms with van der Waals surface area (Å²) in [6.45, 7) is 0.260. The molecular weight excluding hydrogens is 423 g/mol. The molecule has 0 saturated carbocycles. The van der Waals surface area contributed by atoms with Crippen molar-refractivity contribution >= 4 is 37.5 Å². The molecule has 1 fully saturated rings. The Balaban J connectivity index is 1.85. The van der Waals surface area contributed by atoms with Crippen molar-refractivity contribution in [2.45, 2.75) is 30.2 Å². The zero-order valence-corrected chi connectivity index (χ0v) is 16.3. The molecule has 1 saturated heterocycles. The summed E-state index contributed by atoms with van der Waals surface area (Å²) in [6, 6.07) is 11.0. The summed E-state index contributed by atoms with van der Waals surface area (Å²) >= 11 is 3.34. The fourth-order valence-electron chi connectivity index (χ4n) is 2.99. The minimum absolute atomic E-state index is 0.0129. The van der Waals surface area contributed by atoms with Gasteiger partial charge in [0.05, 0.1) is 4.90 Å². The number of anilines is 1. The smallest absolute Gasteiger partial charge is 0.243 e. The molecule has 1 amide bonds. The molecule has 1 heterocycles. The Morgan fingerprint density at radius 1 is 1.15 bits per heavy atom. The predicted molar refractivity (Wildman–Crippen MR) is 101 cm³/mol. The number of carbonyl (C=O) groups is 1. The van der Waals surface area contributed by atoms with Crippen molar-refractivity contribution in [2.24, 2.45) is 0 Å². The fourth-order valence-corrected chi connectivity index (χ4v) is 5.04. The number of hydrogen-bond acceptors (Lipinski definition) is 3. The van der Waals surface area contributed by atoms with Gasteiger partial charge in [-0.1, -0.05) is 28.4 Å². The Morgan fingerprint density at radius 3 is 2.58 bits per heavy atom. The normalized spacial score (nSPS) is 18.5. The van der Waals surface area contributed by atoms with Gasteiger partial charge in [-0.15, -0.1) is 0 Å². The molecule has 0 aliphatic carbocycles. The van der Waals surface area contributed by atoms with Gasteiger partial charge in [0.2, 0.25) is 15.9 Å². The minimum atomic E-state index is -3.88. The Hall–Kier alpha value is -1.77. The highest BCUT2D eigenvalue weighted by Crippen LogP contribution is 2.27. The number of nitrogens with one attached hydrogen (secondary N) is 1. The van der Waals surface area contributed by atoms with Crippen LogP contribution in [0.25, 0.3) is 0 Å². The molecule has 0 radical (unpaired) electrons. The molecule has 1 aliphatic heterocycles. The molecule has 1 N–H and O–H groups in total. The van der Waals surface area contributed by atoms with Crippen LogP contribution in [-0.4, -0.2) is 31.2 Å². The van der Waals surface area contributed by atoms with Gasteiger partial charge in [0.1, 0.15) is 11.9 Å². The highest BCUT2D eigenvalue weighted by Gasteiger charge is 2.37. The number of carbonyl (C=O) groups excluding carboxylic acids is 1. The molecule has 1 unspecified atom stereocenters. The molecular formula is C18H18BrFN2O3S. The number of hydrogen-bond donors (Lipinski definition) is 1. The van der Waals surface area contributed by atoms with Gasteiger partial charge in [-0.25, -0.2) is 12.8 Å². The molecule has 138 valence electrons. The summed E-state index contributed by atoms with van der Waals surface area (Å²) in [5.74, 6) is -0.875. The maximum Gasteiger partial charge on any atom is 0.243 e. The van der Waals surface area contributed by atoms with Crippen LogP contribution in [0.4, 0.5) is 10.1 Å². The van der Waals surface area contributed by atoms with Crippen LogP contribution in [-0.2, 0) is 14.8 Å². The molecule has 0 bridgehead atoms. The lowest BCUT2D eigenvalue weighted by Crippen LogP contribution is -2.49. The summed E-state index contributed by atoms with van der Waals surface area (Å²) in [7, 11) is -3.88. The van der Waals surface area contributed by atoms with E-state index in [0.717, 1.165) is 23.0 Å². The van der Waals surface area contributed by atoms with Crippen molar-refractivity contribution in [3.63, 3.8) is 0 Å². The molecule has 0 aromatic heterocycles. The zero-order chi connectivity index (χ0) is 18.7. The van der Waals surface area contributed by atoms with Crippen molar-refractivity contribution in [1.82, 2.24) is 4.31 Å². The van der Waals surface area contributed by atoms with Crippen LogP contribution in [0.3, 0.4) is 0 Å². The van der Waals surface area contributed by atoms with Gasteiger partial charge >= 0.3 is 0 Å². The Morgan fingerprint density at radius 2 is 1.88 bits per heavy atom. The van der Waals surface area contributed by atoms with Crippen LogP contribution >= 0.6 is 15.9 Å². The van der Waals surface area contributed by atoms with Crippen LogP contribution < -0.4 is 5.32 Å². The molecule has 2 aromatic rings. The lowest BCUT2D eigenvalue weighted by molar-refractivity contribution is -0.120. The first-order valence-corrected chi connectivity index (χ1v) is 10.4. The Kier molecular flexibility index (Phi) is 5.74. The molecule has 26 heavy (non-hydrogen) atoms. The first-order chi connectivity index (χ1) is 12.4. The summed E-state index contributed by atoms with van der Waals surface area (Å²) in [5.41, 5.74) is 0.592. The van der Waals surface area contributed by atoms with Crippen LogP contribution in [0.1, 0.15) is 19.3 Å². The first-order valence-electron chi connectivity index (χ1n) is 8.22. The number of rotatable bonds is 4. The van der Waals surface area contributed by atoms with Crippen molar-refractivity contribution in [2.75, 3.05) is 11.9 Å². The second-order valence-electron chi connectivity index (χ2n) is 6.08. The van der Waals surface area contributed by atoms with E-state index in [4.69, 9.17) is 0 Å². The Bertz CT molecular complexity index is 903. The van der Waals surface area contributed by atoms with Gasteiger partial charge < -0.3 is 5.32 Å². The van der Waals surface area contributed by atoms with Crippen molar-refractivity contribution in [3.8, 4) is 0 Å². The lowest BCUT2D eigenvalue weighted by atomic mass is 10.0. The standard InChI is InChI=1S/C18H18BrFN2O3S/c19-13-4-3-5-15(12-13)21-18(23)17-6-1-2-11-22(17)26(24,25)16-9-7-14(20)8-10-16/h3-5,7-10,12,17H,1-2,6,11H2,(H,21,23). The van der Waals surface area contributed by atoms with Gasteiger partial charge in [-0.05, 0) is 55.3 Å². The summed E-state index contributed by atoms with van der Waals surface area (Å²) < 4.78 is 41.0. The van der Waals surface area contributed by atoms with Gasteiger partial charge in [0.15, 0.2) is 0 Å². The fraction of sp³-hybridized carbons (Fsp3) is 0.278. The number of benzene rings is 2. The second kappa shape index (κ2) is 7.85. The van der Waals surface area contributed by atoms with E-state index < -0.39 is 21.9 Å². The molecule has 1 atom stereocenters. The summed E-state index contributed by atoms with van der Waals surface area (Å²) in [5, 5.41) is 2.78. The van der Waals surface area contributed by atoms with Gasteiger partial charge in [0.25, 0.3) is 0 Å². The van der Waals surface area contributed by atoms with E-state index in [0.29, 0.717) is 18.5 Å². The molecule has 3 rings (SSSR count). The third kappa shape index (κ3) is 4.13. The highest BCUT2D eigenvalue weighted by molar-refractivity contribution is 9.10. The quantitative estimate of drug-likeness (QED) is 0.786. The topological polar surface area (TPSA) is 66.5 Å². The third-order valence-corrected chi connectivity index (χ3v) is 6.68. The third-order valence-electron chi connectivity index (χ3n) is 4.27. The van der Waals surface area contributed by atoms with Crippen LogP contribution in [0.5, 0.6) is 0 Å². The number of piperidine rings is 1. The summed E-state index contributed by atoms with van der Waals surface area (Å²) in [6.07, 6.45) is 1.90. The zero-order valence-electron chi connectivity index (χ0n) is 13.9. The first kappa shape index (κ1) is 19.0. The molecule has 2 aromatic carbocycles. The monoisotopic (exact) mass is 440 g/mol. The number of halogens is 2. The van der Waals surface area contributed by atoms with Crippen molar-refractivity contribution in [3.05, 3.63) is 58.8 Å². The van der Waals surface area contributed by atoms with Crippen molar-refractivity contribution in [1.29, 1.82) is 0 Å². The molecule has 0 spiro atoms. The average Bonchev–Trinajstić information content (AvgIpc) is 2.62. The van der Waals surface area contributed by atoms with Crippen LogP contribution in [0, 0.1) is 5.82 Å².